The third-order valence-electron chi connectivity index (χ3n) is 3.63. The molecule has 1 rings (SSSR count). The van der Waals surface area contributed by atoms with Gasteiger partial charge in [-0.2, -0.15) is 0 Å². The summed E-state index contributed by atoms with van der Waals surface area (Å²) in [5, 5.41) is 0. The predicted octanol–water partition coefficient (Wildman–Crippen LogP) is 3.23. The van der Waals surface area contributed by atoms with Crippen molar-refractivity contribution >= 4 is 17.4 Å². The third-order valence-corrected chi connectivity index (χ3v) is 3.63. The lowest BCUT2D eigenvalue weighted by molar-refractivity contribution is -0.155. The molecule has 1 aromatic rings. The van der Waals surface area contributed by atoms with Gasteiger partial charge in [-0.25, -0.2) is 4.39 Å². The summed E-state index contributed by atoms with van der Waals surface area (Å²) in [7, 11) is 0. The van der Waals surface area contributed by atoms with Gasteiger partial charge in [0, 0.05) is 6.42 Å². The Morgan fingerprint density at radius 1 is 1.32 bits per heavy atom. The van der Waals surface area contributed by atoms with Crippen molar-refractivity contribution in [2.75, 3.05) is 12.3 Å². The topological polar surface area (TPSA) is 69.4 Å². The van der Waals surface area contributed by atoms with E-state index in [2.05, 4.69) is 0 Å². The Morgan fingerprint density at radius 2 is 1.95 bits per heavy atom. The highest BCUT2D eigenvalue weighted by Gasteiger charge is 2.48. The molecule has 1 atom stereocenters. The average Bonchev–Trinajstić information content (AvgIpc) is 2.46. The van der Waals surface area contributed by atoms with Crippen molar-refractivity contribution in [3.8, 4) is 0 Å². The number of rotatable bonds is 7. The van der Waals surface area contributed by atoms with E-state index in [0.717, 1.165) is 0 Å². The zero-order valence-electron chi connectivity index (χ0n) is 13.6. The van der Waals surface area contributed by atoms with Crippen LogP contribution in [0.15, 0.2) is 18.2 Å². The van der Waals surface area contributed by atoms with E-state index in [1.54, 1.807) is 13.8 Å². The molecule has 0 aliphatic heterocycles. The fraction of sp³-hybridized carbons (Fsp3) is 0.529. The van der Waals surface area contributed by atoms with Gasteiger partial charge in [-0.1, -0.05) is 26.8 Å². The monoisotopic (exact) mass is 309 g/mol. The van der Waals surface area contributed by atoms with Crippen LogP contribution in [-0.2, 0) is 19.7 Å². The number of ether oxygens (including phenoxy) is 1. The normalized spacial score (nSPS) is 13.7. The second-order valence-corrected chi connectivity index (χ2v) is 5.74. The number of hydrogen-bond donors (Lipinski definition) is 1. The van der Waals surface area contributed by atoms with Crippen LogP contribution in [0.1, 0.15) is 46.1 Å². The highest BCUT2D eigenvalue weighted by atomic mass is 19.1. The van der Waals surface area contributed by atoms with E-state index in [4.69, 9.17) is 10.5 Å². The maximum atomic E-state index is 13.9. The van der Waals surface area contributed by atoms with Crippen molar-refractivity contribution in [2.45, 2.75) is 46.0 Å². The maximum Gasteiger partial charge on any atom is 0.324 e. The van der Waals surface area contributed by atoms with Gasteiger partial charge in [0.25, 0.3) is 0 Å². The first-order valence-corrected chi connectivity index (χ1v) is 7.55. The molecule has 0 aliphatic carbocycles. The van der Waals surface area contributed by atoms with Gasteiger partial charge in [0.2, 0.25) is 0 Å². The van der Waals surface area contributed by atoms with Gasteiger partial charge in [0.15, 0.2) is 11.2 Å². The Kier molecular flexibility index (Phi) is 6.09. The molecule has 0 aromatic heterocycles. The van der Waals surface area contributed by atoms with E-state index in [1.165, 1.54) is 18.2 Å². The second-order valence-electron chi connectivity index (χ2n) is 5.74. The first kappa shape index (κ1) is 18.1. The SMILES string of the molecule is CCOC(=O)C(CC(C)C)(C(=O)CC)c1ccc(N)c(F)c1. The number of anilines is 1. The zero-order valence-corrected chi connectivity index (χ0v) is 13.6. The first-order valence-electron chi connectivity index (χ1n) is 7.55. The van der Waals surface area contributed by atoms with Crippen LogP contribution in [0.2, 0.25) is 0 Å². The molecular weight excluding hydrogens is 285 g/mol. The maximum absolute atomic E-state index is 13.9. The van der Waals surface area contributed by atoms with Gasteiger partial charge in [-0.15, -0.1) is 0 Å². The predicted molar refractivity (Wildman–Crippen MR) is 83.9 cm³/mol. The molecular formula is C17H24FNO3. The number of benzene rings is 1. The van der Waals surface area contributed by atoms with Crippen molar-refractivity contribution < 1.29 is 18.7 Å². The highest BCUT2D eigenvalue weighted by Crippen LogP contribution is 2.36. The number of nitrogens with two attached hydrogens (primary N) is 1. The largest absolute Gasteiger partial charge is 0.465 e. The molecule has 0 aliphatic rings. The van der Waals surface area contributed by atoms with Gasteiger partial charge in [-0.3, -0.25) is 9.59 Å². The zero-order chi connectivity index (χ0) is 16.9. The Balaban J connectivity index is 3.55. The van der Waals surface area contributed by atoms with Gasteiger partial charge in [0.1, 0.15) is 5.82 Å². The van der Waals surface area contributed by atoms with Gasteiger partial charge >= 0.3 is 5.97 Å². The number of carbonyl (C=O) groups is 2. The molecule has 1 unspecified atom stereocenters. The average molecular weight is 309 g/mol. The fourth-order valence-electron chi connectivity index (χ4n) is 2.67. The van der Waals surface area contributed by atoms with Gasteiger partial charge < -0.3 is 10.5 Å². The Hall–Kier alpha value is -1.91. The summed E-state index contributed by atoms with van der Waals surface area (Å²) in [5.74, 6) is -1.48. The van der Waals surface area contributed by atoms with Crippen LogP contribution in [0, 0.1) is 11.7 Å². The summed E-state index contributed by atoms with van der Waals surface area (Å²) in [4.78, 5) is 25.2. The van der Waals surface area contributed by atoms with E-state index >= 15 is 0 Å². The first-order chi connectivity index (χ1) is 10.3. The van der Waals surface area contributed by atoms with Crippen molar-refractivity contribution in [3.63, 3.8) is 0 Å². The summed E-state index contributed by atoms with van der Waals surface area (Å²) in [6, 6.07) is 4.08. The van der Waals surface area contributed by atoms with Crippen LogP contribution in [-0.4, -0.2) is 18.4 Å². The minimum atomic E-state index is -1.48. The van der Waals surface area contributed by atoms with Crippen LogP contribution in [0.5, 0.6) is 0 Å². The molecule has 0 saturated carbocycles. The molecule has 0 bridgehead atoms. The van der Waals surface area contributed by atoms with Crippen molar-refractivity contribution in [1.29, 1.82) is 0 Å². The highest BCUT2D eigenvalue weighted by molar-refractivity contribution is 6.09. The molecule has 0 amide bonds. The summed E-state index contributed by atoms with van der Waals surface area (Å²) in [6.45, 7) is 7.34. The molecule has 0 radical (unpaired) electrons. The molecule has 0 fully saturated rings. The molecule has 122 valence electrons. The van der Waals surface area contributed by atoms with E-state index in [0.29, 0.717) is 5.56 Å². The van der Waals surface area contributed by atoms with E-state index in [-0.39, 0.29) is 36.8 Å². The molecule has 2 N–H and O–H groups in total. The van der Waals surface area contributed by atoms with Gasteiger partial charge in [-0.05, 0) is 37.0 Å². The molecule has 0 heterocycles. The lowest BCUT2D eigenvalue weighted by atomic mass is 9.70. The standard InChI is InChI=1S/C17H24FNO3/c1-5-15(20)17(10-11(3)4,16(21)22-6-2)12-7-8-14(19)13(18)9-12/h7-9,11H,5-6,10,19H2,1-4H3. The summed E-state index contributed by atoms with van der Waals surface area (Å²) < 4.78 is 19.0. The Labute approximate surface area is 130 Å². The molecule has 1 aromatic carbocycles. The number of halogens is 1. The number of Topliss-reactive ketones (excluding diaryl/α,β-unsaturated/α-hetero) is 1. The summed E-state index contributed by atoms with van der Waals surface area (Å²) in [6.07, 6.45) is 0.430. The van der Waals surface area contributed by atoms with Crippen LogP contribution >= 0.6 is 0 Å². The molecule has 4 nitrogen and oxygen atoms in total. The van der Waals surface area contributed by atoms with E-state index < -0.39 is 17.2 Å². The van der Waals surface area contributed by atoms with Crippen LogP contribution < -0.4 is 5.73 Å². The number of ketones is 1. The molecule has 0 spiro atoms. The number of nitrogen functional groups attached to an aromatic ring is 1. The lowest BCUT2D eigenvalue weighted by Gasteiger charge is -2.32. The summed E-state index contributed by atoms with van der Waals surface area (Å²) in [5.41, 5.74) is 4.31. The van der Waals surface area contributed by atoms with Crippen molar-refractivity contribution in [2.24, 2.45) is 5.92 Å². The van der Waals surface area contributed by atoms with Gasteiger partial charge in [0.05, 0.1) is 12.3 Å². The van der Waals surface area contributed by atoms with E-state index in [1.807, 2.05) is 13.8 Å². The number of carbonyl (C=O) groups excluding carboxylic acids is 2. The number of hydrogen-bond acceptors (Lipinski definition) is 4. The van der Waals surface area contributed by atoms with Crippen LogP contribution in [0.25, 0.3) is 0 Å². The quantitative estimate of drug-likeness (QED) is 0.477. The van der Waals surface area contributed by atoms with Crippen molar-refractivity contribution in [3.05, 3.63) is 29.6 Å². The van der Waals surface area contributed by atoms with Crippen LogP contribution in [0.3, 0.4) is 0 Å². The minimum Gasteiger partial charge on any atom is -0.465 e. The fourth-order valence-corrected chi connectivity index (χ4v) is 2.67. The molecule has 22 heavy (non-hydrogen) atoms. The van der Waals surface area contributed by atoms with E-state index in [9.17, 15) is 14.0 Å². The lowest BCUT2D eigenvalue weighted by Crippen LogP contribution is -2.46. The smallest absolute Gasteiger partial charge is 0.324 e. The van der Waals surface area contributed by atoms with Crippen molar-refractivity contribution in [1.82, 2.24) is 0 Å². The minimum absolute atomic E-state index is 0.0185. The number of esters is 1. The Morgan fingerprint density at radius 3 is 2.41 bits per heavy atom. The molecule has 5 heteroatoms. The second kappa shape index (κ2) is 7.38. The summed E-state index contributed by atoms with van der Waals surface area (Å²) >= 11 is 0. The third kappa shape index (κ3) is 3.46. The van der Waals surface area contributed by atoms with Crippen LogP contribution in [0.4, 0.5) is 10.1 Å². The molecule has 0 saturated heterocycles. The Bertz CT molecular complexity index is 557.